The fraction of sp³-hybridized carbons (Fsp3) is 0.200. The maximum absolute atomic E-state index is 4.51. The van der Waals surface area contributed by atoms with Crippen molar-refractivity contribution in [2.75, 3.05) is 0 Å². The predicted molar refractivity (Wildman–Crippen MR) is 63.1 cm³/mol. The van der Waals surface area contributed by atoms with Crippen LogP contribution in [0.4, 0.5) is 0 Å². The zero-order valence-corrected chi connectivity index (χ0v) is 9.28. The molecule has 4 heteroatoms. The summed E-state index contributed by atoms with van der Waals surface area (Å²) < 4.78 is 1.21. The summed E-state index contributed by atoms with van der Waals surface area (Å²) in [5, 5.41) is 3.34. The summed E-state index contributed by atoms with van der Waals surface area (Å²) in [6, 6.07) is 6.23. The fourth-order valence-electron chi connectivity index (χ4n) is 1.25. The molecule has 2 rings (SSSR count). The molecule has 2 nitrogen and oxygen atoms in total. The van der Waals surface area contributed by atoms with E-state index in [2.05, 4.69) is 46.4 Å². The quantitative estimate of drug-likeness (QED) is 0.573. The minimum absolute atomic E-state index is 0.544. The third-order valence-electron chi connectivity index (χ3n) is 1.87. The molecular weight excluding hydrogens is 212 g/mol. The van der Waals surface area contributed by atoms with Crippen LogP contribution in [0.15, 0.2) is 23.2 Å². The first-order chi connectivity index (χ1) is 6.79. The van der Waals surface area contributed by atoms with E-state index < -0.39 is 0 Å². The molecule has 0 amide bonds. The molecule has 0 aliphatic rings. The molecule has 70 valence electrons. The molecule has 0 saturated carbocycles. The monoisotopic (exact) mass is 220 g/mol. The summed E-state index contributed by atoms with van der Waals surface area (Å²) in [6.45, 7) is 2.62. The number of benzene rings is 1. The highest BCUT2D eigenvalue weighted by atomic mass is 32.1. The van der Waals surface area contributed by atoms with Crippen molar-refractivity contribution >= 4 is 38.9 Å². The van der Waals surface area contributed by atoms with E-state index in [0.717, 1.165) is 10.5 Å². The Morgan fingerprint density at radius 2 is 2.43 bits per heavy atom. The molecule has 0 atom stereocenters. The number of fused-ring (bicyclic) bond motifs is 1. The van der Waals surface area contributed by atoms with Gasteiger partial charge in [0.15, 0.2) is 0 Å². The summed E-state index contributed by atoms with van der Waals surface area (Å²) in [6.07, 6.45) is 0. The lowest BCUT2D eigenvalue weighted by Crippen LogP contribution is -1.76. The first-order valence-corrected chi connectivity index (χ1v) is 5.42. The molecule has 0 unspecified atom stereocenters. The second-order valence-electron chi connectivity index (χ2n) is 2.99. The third-order valence-corrected chi connectivity index (χ3v) is 3.00. The molecule has 1 heterocycles. The molecule has 2 aromatic rings. The number of aliphatic imine (C=N–C) groups is 1. The van der Waals surface area contributed by atoms with Crippen LogP contribution in [0.25, 0.3) is 10.2 Å². The molecule has 1 aromatic heterocycles. The van der Waals surface area contributed by atoms with Gasteiger partial charge in [-0.3, -0.25) is 0 Å². The van der Waals surface area contributed by atoms with Crippen molar-refractivity contribution in [3.63, 3.8) is 0 Å². The van der Waals surface area contributed by atoms with Crippen molar-refractivity contribution in [2.45, 2.75) is 13.5 Å². The fourth-order valence-corrected chi connectivity index (χ4v) is 2.30. The Labute approximate surface area is 91.3 Å². The lowest BCUT2D eigenvalue weighted by molar-refractivity contribution is 1.06. The van der Waals surface area contributed by atoms with Gasteiger partial charge in [-0.1, -0.05) is 6.07 Å². The van der Waals surface area contributed by atoms with Crippen molar-refractivity contribution in [3.8, 4) is 0 Å². The number of thiocarbonyl (C=S) groups is 1. The maximum Gasteiger partial charge on any atom is 0.116 e. The first-order valence-electron chi connectivity index (χ1n) is 4.19. The minimum atomic E-state index is 0.544. The van der Waals surface area contributed by atoms with Crippen molar-refractivity contribution < 1.29 is 0 Å². The summed E-state index contributed by atoms with van der Waals surface area (Å²) >= 11 is 6.17. The van der Waals surface area contributed by atoms with Gasteiger partial charge in [-0.05, 0) is 36.8 Å². The van der Waals surface area contributed by atoms with Gasteiger partial charge >= 0.3 is 0 Å². The second kappa shape index (κ2) is 3.96. The smallest absolute Gasteiger partial charge is 0.116 e. The Morgan fingerprint density at radius 3 is 3.21 bits per heavy atom. The average molecular weight is 220 g/mol. The molecule has 1 aromatic carbocycles. The van der Waals surface area contributed by atoms with E-state index in [9.17, 15) is 0 Å². The van der Waals surface area contributed by atoms with Gasteiger partial charge in [0.1, 0.15) is 11.6 Å². The normalized spacial score (nSPS) is 10.1. The Morgan fingerprint density at radius 1 is 1.57 bits per heavy atom. The van der Waals surface area contributed by atoms with E-state index in [4.69, 9.17) is 0 Å². The summed E-state index contributed by atoms with van der Waals surface area (Å²) in [5.41, 5.74) is 2.29. The van der Waals surface area contributed by atoms with Gasteiger partial charge < -0.3 is 0 Å². The van der Waals surface area contributed by atoms with E-state index in [1.54, 1.807) is 11.3 Å². The lowest BCUT2D eigenvalue weighted by Gasteiger charge is -1.88. The Balaban J connectivity index is 2.45. The number of aryl methyl sites for hydroxylation is 1. The number of isothiocyanates is 1. The van der Waals surface area contributed by atoms with E-state index >= 15 is 0 Å². The molecule has 0 radical (unpaired) electrons. The lowest BCUT2D eigenvalue weighted by atomic mass is 10.2. The van der Waals surface area contributed by atoms with Gasteiger partial charge in [0.2, 0.25) is 0 Å². The van der Waals surface area contributed by atoms with Gasteiger partial charge in [0, 0.05) is 0 Å². The molecule has 0 aliphatic carbocycles. The molecule has 0 saturated heterocycles. The van der Waals surface area contributed by atoms with E-state index in [1.165, 1.54) is 10.3 Å². The zero-order valence-electron chi connectivity index (χ0n) is 7.65. The van der Waals surface area contributed by atoms with Crippen molar-refractivity contribution in [1.82, 2.24) is 4.98 Å². The SMILES string of the molecule is Cc1ccc2nc(CN=C=S)sc2c1. The summed E-state index contributed by atoms with van der Waals surface area (Å²) in [4.78, 5) is 8.30. The third kappa shape index (κ3) is 1.87. The van der Waals surface area contributed by atoms with Crippen LogP contribution in [0.1, 0.15) is 10.6 Å². The van der Waals surface area contributed by atoms with E-state index in [-0.39, 0.29) is 0 Å². The molecule has 0 spiro atoms. The Kier molecular flexibility index (Phi) is 2.68. The first kappa shape index (κ1) is 9.46. The van der Waals surface area contributed by atoms with Gasteiger partial charge in [-0.25, -0.2) is 9.98 Å². The van der Waals surface area contributed by atoms with Crippen LogP contribution in [0.5, 0.6) is 0 Å². The zero-order chi connectivity index (χ0) is 9.97. The van der Waals surface area contributed by atoms with Crippen LogP contribution in [0, 0.1) is 6.92 Å². The number of hydrogen-bond donors (Lipinski definition) is 0. The van der Waals surface area contributed by atoms with Crippen LogP contribution in [0.2, 0.25) is 0 Å². The van der Waals surface area contributed by atoms with Crippen LogP contribution < -0.4 is 0 Å². The second-order valence-corrected chi connectivity index (χ2v) is 4.28. The van der Waals surface area contributed by atoms with Gasteiger partial charge in [0.25, 0.3) is 0 Å². The number of aromatic nitrogens is 1. The molecule has 14 heavy (non-hydrogen) atoms. The van der Waals surface area contributed by atoms with Crippen molar-refractivity contribution in [1.29, 1.82) is 0 Å². The minimum Gasteiger partial charge on any atom is -0.239 e. The largest absolute Gasteiger partial charge is 0.239 e. The van der Waals surface area contributed by atoms with Crippen LogP contribution in [-0.4, -0.2) is 10.1 Å². The number of nitrogens with zero attached hydrogens (tertiary/aromatic N) is 2. The maximum atomic E-state index is 4.51. The van der Waals surface area contributed by atoms with Crippen LogP contribution in [0.3, 0.4) is 0 Å². The van der Waals surface area contributed by atoms with E-state index in [1.807, 2.05) is 6.07 Å². The van der Waals surface area contributed by atoms with Crippen LogP contribution >= 0.6 is 23.6 Å². The van der Waals surface area contributed by atoms with Crippen molar-refractivity contribution in [2.24, 2.45) is 4.99 Å². The highest BCUT2D eigenvalue weighted by Crippen LogP contribution is 2.23. The molecule has 0 N–H and O–H groups in total. The summed E-state index contributed by atoms with van der Waals surface area (Å²) in [7, 11) is 0. The van der Waals surface area contributed by atoms with Crippen LogP contribution in [-0.2, 0) is 6.54 Å². The Hall–Kier alpha value is -1.09. The Bertz CT molecular complexity index is 510. The molecule has 0 aliphatic heterocycles. The van der Waals surface area contributed by atoms with E-state index in [0.29, 0.717) is 6.54 Å². The average Bonchev–Trinajstić information content (AvgIpc) is 2.56. The van der Waals surface area contributed by atoms with Gasteiger partial charge in [-0.2, -0.15) is 0 Å². The molecular formula is C10H8N2S2. The number of hydrogen-bond acceptors (Lipinski definition) is 4. The standard InChI is InChI=1S/C10H8N2S2/c1-7-2-3-8-9(4-7)14-10(12-8)5-11-6-13/h2-4H,5H2,1H3. The highest BCUT2D eigenvalue weighted by Gasteiger charge is 2.02. The predicted octanol–water partition coefficient (Wildman–Crippen LogP) is 3.21. The highest BCUT2D eigenvalue weighted by molar-refractivity contribution is 7.78. The van der Waals surface area contributed by atoms with Gasteiger partial charge in [0.05, 0.1) is 15.4 Å². The molecule has 0 fully saturated rings. The summed E-state index contributed by atoms with van der Waals surface area (Å²) in [5.74, 6) is 0. The molecule has 0 bridgehead atoms. The van der Waals surface area contributed by atoms with Crippen molar-refractivity contribution in [3.05, 3.63) is 28.8 Å². The van der Waals surface area contributed by atoms with Gasteiger partial charge in [-0.15, -0.1) is 11.3 Å². The number of thiazole rings is 1. The topological polar surface area (TPSA) is 25.2 Å². The number of rotatable bonds is 2.